The van der Waals surface area contributed by atoms with Gasteiger partial charge in [0, 0.05) is 19.6 Å². The van der Waals surface area contributed by atoms with E-state index in [9.17, 15) is 18.0 Å². The molecule has 7 nitrogen and oxygen atoms in total. The molecule has 0 aromatic heterocycles. The lowest BCUT2D eigenvalue weighted by Crippen LogP contribution is -2.42. The van der Waals surface area contributed by atoms with E-state index >= 15 is 0 Å². The van der Waals surface area contributed by atoms with E-state index in [0.29, 0.717) is 13.1 Å². The van der Waals surface area contributed by atoms with Crippen molar-refractivity contribution in [3.05, 3.63) is 101 Å². The number of nitrogens with one attached hydrogen (secondary N) is 1. The summed E-state index contributed by atoms with van der Waals surface area (Å²) >= 11 is 0. The van der Waals surface area contributed by atoms with Crippen LogP contribution in [-0.2, 0) is 39.1 Å². The molecule has 1 aliphatic rings. The minimum atomic E-state index is -3.84. The molecule has 0 saturated heterocycles. The average molecular weight is 479 g/mol. The number of benzene rings is 3. The van der Waals surface area contributed by atoms with E-state index in [0.717, 1.165) is 17.5 Å². The third kappa shape index (κ3) is 5.52. The predicted molar refractivity (Wildman–Crippen MR) is 127 cm³/mol. The van der Waals surface area contributed by atoms with Crippen molar-refractivity contribution >= 4 is 21.9 Å². The van der Waals surface area contributed by atoms with Crippen molar-refractivity contribution in [2.24, 2.45) is 0 Å². The Kier molecular flexibility index (Phi) is 7.09. The monoisotopic (exact) mass is 478 g/mol. The van der Waals surface area contributed by atoms with Crippen LogP contribution in [0.3, 0.4) is 0 Å². The molecule has 4 rings (SSSR count). The third-order valence-electron chi connectivity index (χ3n) is 5.76. The summed E-state index contributed by atoms with van der Waals surface area (Å²) in [4.78, 5) is 27.2. The summed E-state index contributed by atoms with van der Waals surface area (Å²) in [5.41, 5.74) is 3.18. The van der Waals surface area contributed by atoms with Gasteiger partial charge in [0.05, 0.1) is 10.5 Å². The van der Waals surface area contributed by atoms with Crippen LogP contribution >= 0.6 is 0 Å². The number of hydrogen-bond donors (Lipinski definition) is 1. The molecule has 1 atom stereocenters. The quantitative estimate of drug-likeness (QED) is 0.526. The SMILES string of the molecule is CC(OC(=O)c1cccc(S(=O)(=O)NCc2ccccc2)c1)C(=O)N1CCc2ccccc2C1. The van der Waals surface area contributed by atoms with Crippen LogP contribution in [0, 0.1) is 0 Å². The smallest absolute Gasteiger partial charge is 0.338 e. The number of carbonyl (C=O) groups is 2. The number of carbonyl (C=O) groups excluding carboxylic acids is 2. The summed E-state index contributed by atoms with van der Waals surface area (Å²) in [5, 5.41) is 0. The van der Waals surface area contributed by atoms with Crippen molar-refractivity contribution in [1.29, 1.82) is 0 Å². The highest BCUT2D eigenvalue weighted by Crippen LogP contribution is 2.20. The fourth-order valence-electron chi connectivity index (χ4n) is 3.87. The lowest BCUT2D eigenvalue weighted by molar-refractivity contribution is -0.140. The van der Waals surface area contributed by atoms with E-state index in [-0.39, 0.29) is 22.9 Å². The van der Waals surface area contributed by atoms with Gasteiger partial charge in [-0.2, -0.15) is 0 Å². The molecule has 3 aromatic rings. The number of ether oxygens (including phenoxy) is 1. The van der Waals surface area contributed by atoms with Crippen molar-refractivity contribution in [3.63, 3.8) is 0 Å². The summed E-state index contributed by atoms with van der Waals surface area (Å²) in [6.07, 6.45) is -0.243. The minimum absolute atomic E-state index is 0.0514. The fraction of sp³-hybridized carbons (Fsp3) is 0.231. The van der Waals surface area contributed by atoms with Crippen LogP contribution in [0.1, 0.15) is 34.0 Å². The second kappa shape index (κ2) is 10.2. The summed E-state index contributed by atoms with van der Waals surface area (Å²) in [6, 6.07) is 22.7. The molecule has 0 saturated carbocycles. The molecule has 176 valence electrons. The zero-order valence-corrected chi connectivity index (χ0v) is 19.6. The Labute approximate surface area is 199 Å². The molecule has 34 heavy (non-hydrogen) atoms. The van der Waals surface area contributed by atoms with Crippen molar-refractivity contribution in [2.75, 3.05) is 6.54 Å². The zero-order valence-electron chi connectivity index (χ0n) is 18.8. The molecule has 1 unspecified atom stereocenters. The van der Waals surface area contributed by atoms with Gasteiger partial charge in [0.15, 0.2) is 6.10 Å². The van der Waals surface area contributed by atoms with Gasteiger partial charge in [-0.3, -0.25) is 4.79 Å². The highest BCUT2D eigenvalue weighted by atomic mass is 32.2. The van der Waals surface area contributed by atoms with Crippen molar-refractivity contribution in [2.45, 2.75) is 37.4 Å². The molecule has 0 spiro atoms. The molecule has 1 N–H and O–H groups in total. The molecule has 0 radical (unpaired) electrons. The van der Waals surface area contributed by atoms with Gasteiger partial charge in [0.25, 0.3) is 5.91 Å². The first-order chi connectivity index (χ1) is 16.3. The molecule has 1 heterocycles. The average Bonchev–Trinajstić information content (AvgIpc) is 2.87. The number of rotatable bonds is 7. The Bertz CT molecular complexity index is 1290. The first kappa shape index (κ1) is 23.7. The Morgan fingerprint density at radius 3 is 2.44 bits per heavy atom. The predicted octanol–water partition coefficient (Wildman–Crippen LogP) is 3.30. The number of fused-ring (bicyclic) bond motifs is 1. The van der Waals surface area contributed by atoms with Crippen LogP contribution in [0.2, 0.25) is 0 Å². The first-order valence-corrected chi connectivity index (χ1v) is 12.5. The summed E-state index contributed by atoms with van der Waals surface area (Å²) < 4.78 is 33.3. The maximum atomic E-state index is 12.9. The normalized spacial score (nSPS) is 14.2. The highest BCUT2D eigenvalue weighted by Gasteiger charge is 2.27. The van der Waals surface area contributed by atoms with Gasteiger partial charge in [-0.15, -0.1) is 0 Å². The lowest BCUT2D eigenvalue weighted by Gasteiger charge is -2.30. The number of sulfonamides is 1. The highest BCUT2D eigenvalue weighted by molar-refractivity contribution is 7.89. The molecule has 0 fully saturated rings. The molecule has 1 amide bonds. The van der Waals surface area contributed by atoms with Crippen LogP contribution in [-0.4, -0.2) is 37.8 Å². The maximum Gasteiger partial charge on any atom is 0.338 e. The van der Waals surface area contributed by atoms with Gasteiger partial charge >= 0.3 is 5.97 Å². The van der Waals surface area contributed by atoms with Crippen LogP contribution in [0.4, 0.5) is 0 Å². The van der Waals surface area contributed by atoms with Crippen molar-refractivity contribution in [1.82, 2.24) is 9.62 Å². The number of hydrogen-bond acceptors (Lipinski definition) is 5. The zero-order chi connectivity index (χ0) is 24.1. The van der Waals surface area contributed by atoms with E-state index in [2.05, 4.69) is 10.8 Å². The topological polar surface area (TPSA) is 92.8 Å². The van der Waals surface area contributed by atoms with Gasteiger partial charge in [0.2, 0.25) is 10.0 Å². The molecular formula is C26H26N2O5S. The van der Waals surface area contributed by atoms with E-state index in [1.165, 1.54) is 36.8 Å². The Morgan fingerprint density at radius 1 is 0.971 bits per heavy atom. The summed E-state index contributed by atoms with van der Waals surface area (Å²) in [7, 11) is -3.84. The minimum Gasteiger partial charge on any atom is -0.449 e. The standard InChI is InChI=1S/C26H26N2O5S/c1-19(25(29)28-15-14-21-10-5-6-11-23(21)18-28)33-26(30)22-12-7-13-24(16-22)34(31,32)27-17-20-8-3-2-4-9-20/h2-13,16,19,27H,14-15,17-18H2,1H3. The largest absolute Gasteiger partial charge is 0.449 e. The Balaban J connectivity index is 1.39. The fourth-order valence-corrected chi connectivity index (χ4v) is 4.93. The van der Waals surface area contributed by atoms with Crippen LogP contribution in [0.25, 0.3) is 0 Å². The second-order valence-electron chi connectivity index (χ2n) is 8.16. The molecular weight excluding hydrogens is 452 g/mol. The van der Waals surface area contributed by atoms with Gasteiger partial charge in [-0.25, -0.2) is 17.9 Å². The molecule has 8 heteroatoms. The molecule has 3 aromatic carbocycles. The Morgan fingerprint density at radius 2 is 1.68 bits per heavy atom. The molecule has 0 bridgehead atoms. The van der Waals surface area contributed by atoms with Gasteiger partial charge < -0.3 is 9.64 Å². The summed E-state index contributed by atoms with van der Waals surface area (Å²) in [6.45, 7) is 2.68. The van der Waals surface area contributed by atoms with Crippen molar-refractivity contribution in [3.8, 4) is 0 Å². The van der Waals surface area contributed by atoms with E-state index < -0.39 is 22.1 Å². The third-order valence-corrected chi connectivity index (χ3v) is 7.16. The van der Waals surface area contributed by atoms with Gasteiger partial charge in [0.1, 0.15) is 0 Å². The molecule has 0 aliphatic carbocycles. The number of esters is 1. The van der Waals surface area contributed by atoms with Gasteiger partial charge in [-0.05, 0) is 48.2 Å². The molecule has 1 aliphatic heterocycles. The Hall–Kier alpha value is -3.49. The van der Waals surface area contributed by atoms with Crippen LogP contribution in [0.5, 0.6) is 0 Å². The van der Waals surface area contributed by atoms with E-state index in [4.69, 9.17) is 4.74 Å². The number of nitrogens with zero attached hydrogens (tertiary/aromatic N) is 1. The van der Waals surface area contributed by atoms with E-state index in [1.807, 2.05) is 48.5 Å². The van der Waals surface area contributed by atoms with E-state index in [1.54, 1.807) is 4.90 Å². The van der Waals surface area contributed by atoms with Crippen LogP contribution < -0.4 is 4.72 Å². The van der Waals surface area contributed by atoms with Gasteiger partial charge in [-0.1, -0.05) is 60.7 Å². The first-order valence-electron chi connectivity index (χ1n) is 11.0. The van der Waals surface area contributed by atoms with Crippen LogP contribution in [0.15, 0.2) is 83.8 Å². The summed E-state index contributed by atoms with van der Waals surface area (Å²) in [5.74, 6) is -1.03. The van der Waals surface area contributed by atoms with Crippen molar-refractivity contribution < 1.29 is 22.7 Å². The number of amides is 1. The second-order valence-corrected chi connectivity index (χ2v) is 9.93. The lowest BCUT2D eigenvalue weighted by atomic mass is 9.99. The maximum absolute atomic E-state index is 12.9.